The van der Waals surface area contributed by atoms with E-state index in [1.165, 1.54) is 0 Å². The predicted molar refractivity (Wildman–Crippen MR) is 63.6 cm³/mol. The monoisotopic (exact) mass is 281 g/mol. The van der Waals surface area contributed by atoms with Gasteiger partial charge in [0.2, 0.25) is 10.0 Å². The van der Waals surface area contributed by atoms with E-state index in [0.29, 0.717) is 0 Å². The number of ether oxygens (including phenoxy) is 1. The molecule has 18 heavy (non-hydrogen) atoms. The molecule has 2 N–H and O–H groups in total. The Morgan fingerprint density at radius 3 is 2.61 bits per heavy atom. The van der Waals surface area contributed by atoms with Gasteiger partial charge in [0, 0.05) is 13.0 Å². The highest BCUT2D eigenvalue weighted by molar-refractivity contribution is 7.89. The van der Waals surface area contributed by atoms with Gasteiger partial charge in [-0.05, 0) is 13.8 Å². The van der Waals surface area contributed by atoms with Crippen LogP contribution in [0.15, 0.2) is 0 Å². The summed E-state index contributed by atoms with van der Waals surface area (Å²) in [7, 11) is -3.72. The summed E-state index contributed by atoms with van der Waals surface area (Å²) in [5.41, 5.74) is 0. The molecule has 0 aromatic carbocycles. The zero-order valence-electron chi connectivity index (χ0n) is 10.4. The van der Waals surface area contributed by atoms with Crippen LogP contribution in [0.25, 0.3) is 0 Å². The summed E-state index contributed by atoms with van der Waals surface area (Å²) in [6.07, 6.45) is -1.08. The number of hydrogen-bond donors (Lipinski definition) is 2. The van der Waals surface area contributed by atoms with Crippen LogP contribution in [0.4, 0.5) is 0 Å². The molecule has 7 nitrogen and oxygen atoms in total. The van der Waals surface area contributed by atoms with E-state index in [1.807, 2.05) is 0 Å². The van der Waals surface area contributed by atoms with E-state index in [9.17, 15) is 18.3 Å². The lowest BCUT2D eigenvalue weighted by Crippen LogP contribution is -2.42. The van der Waals surface area contributed by atoms with Gasteiger partial charge in [-0.2, -0.15) is 4.31 Å². The van der Waals surface area contributed by atoms with Crippen LogP contribution in [0.1, 0.15) is 20.3 Å². The van der Waals surface area contributed by atoms with Gasteiger partial charge in [0.15, 0.2) is 0 Å². The summed E-state index contributed by atoms with van der Waals surface area (Å²) in [5.74, 6) is -1.51. The maximum atomic E-state index is 11.9. The van der Waals surface area contributed by atoms with Gasteiger partial charge in [-0.15, -0.1) is 0 Å². The van der Waals surface area contributed by atoms with Crippen molar-refractivity contribution in [3.63, 3.8) is 0 Å². The van der Waals surface area contributed by atoms with Crippen LogP contribution in [-0.2, 0) is 19.6 Å². The first-order valence-corrected chi connectivity index (χ1v) is 7.37. The molecule has 0 aliphatic carbocycles. The van der Waals surface area contributed by atoms with Gasteiger partial charge in [-0.3, -0.25) is 4.79 Å². The number of carbonyl (C=O) groups is 1. The lowest BCUT2D eigenvalue weighted by molar-refractivity contribution is -0.140. The van der Waals surface area contributed by atoms with Crippen LogP contribution in [-0.4, -0.2) is 66.1 Å². The fraction of sp³-hybridized carbons (Fsp3) is 0.900. The molecule has 0 saturated carbocycles. The van der Waals surface area contributed by atoms with Crippen molar-refractivity contribution in [2.45, 2.75) is 38.5 Å². The molecule has 0 bridgehead atoms. The molecular formula is C10H19NO6S. The number of aliphatic carboxylic acids is 1. The van der Waals surface area contributed by atoms with Crippen molar-refractivity contribution < 1.29 is 28.2 Å². The van der Waals surface area contributed by atoms with Crippen molar-refractivity contribution in [1.29, 1.82) is 0 Å². The molecule has 106 valence electrons. The SMILES string of the molecule is CC(C)OCCS(=O)(=O)N1CC(O)CC1C(=O)O. The van der Waals surface area contributed by atoms with Gasteiger partial charge < -0.3 is 14.9 Å². The molecule has 1 aliphatic heterocycles. The average Bonchev–Trinajstić information content (AvgIpc) is 2.60. The first-order valence-electron chi connectivity index (χ1n) is 5.76. The highest BCUT2D eigenvalue weighted by Crippen LogP contribution is 2.22. The number of β-amino-alcohol motifs (C(OH)–C–C–N with tert-alkyl or cyclic N) is 1. The topological polar surface area (TPSA) is 104 Å². The first kappa shape index (κ1) is 15.4. The zero-order valence-corrected chi connectivity index (χ0v) is 11.3. The summed E-state index contributed by atoms with van der Waals surface area (Å²) >= 11 is 0. The van der Waals surface area contributed by atoms with Crippen molar-refractivity contribution in [1.82, 2.24) is 4.31 Å². The fourth-order valence-corrected chi connectivity index (χ4v) is 3.33. The van der Waals surface area contributed by atoms with E-state index in [4.69, 9.17) is 9.84 Å². The normalized spacial score (nSPS) is 25.8. The molecule has 1 heterocycles. The summed E-state index contributed by atoms with van der Waals surface area (Å²) in [5, 5.41) is 18.3. The van der Waals surface area contributed by atoms with E-state index in [1.54, 1.807) is 13.8 Å². The van der Waals surface area contributed by atoms with Gasteiger partial charge in [0.05, 0.1) is 24.6 Å². The van der Waals surface area contributed by atoms with Gasteiger partial charge in [0.25, 0.3) is 0 Å². The van der Waals surface area contributed by atoms with E-state index in [-0.39, 0.29) is 31.4 Å². The molecule has 0 spiro atoms. The Morgan fingerprint density at radius 1 is 1.50 bits per heavy atom. The Labute approximate surface area is 106 Å². The molecule has 1 aliphatic rings. The van der Waals surface area contributed by atoms with Crippen LogP contribution in [0.3, 0.4) is 0 Å². The van der Waals surface area contributed by atoms with Crippen molar-refractivity contribution in [2.24, 2.45) is 0 Å². The Bertz CT molecular complexity index is 393. The average molecular weight is 281 g/mol. The molecule has 1 saturated heterocycles. The van der Waals surface area contributed by atoms with Crippen molar-refractivity contribution in [2.75, 3.05) is 18.9 Å². The minimum Gasteiger partial charge on any atom is -0.480 e. The third-order valence-corrected chi connectivity index (χ3v) is 4.47. The fourth-order valence-electron chi connectivity index (χ4n) is 1.82. The third kappa shape index (κ3) is 3.91. The van der Waals surface area contributed by atoms with Crippen LogP contribution >= 0.6 is 0 Å². The van der Waals surface area contributed by atoms with Crippen LogP contribution in [0.5, 0.6) is 0 Å². The van der Waals surface area contributed by atoms with Gasteiger partial charge in [-0.1, -0.05) is 0 Å². The number of aliphatic hydroxyl groups is 1. The molecule has 0 aromatic rings. The Kier molecular flexibility index (Phi) is 5.09. The number of hydrogen-bond acceptors (Lipinski definition) is 5. The van der Waals surface area contributed by atoms with E-state index in [2.05, 4.69) is 0 Å². The molecule has 0 amide bonds. The van der Waals surface area contributed by atoms with Gasteiger partial charge >= 0.3 is 5.97 Å². The summed E-state index contributed by atoms with van der Waals surface area (Å²) in [4.78, 5) is 10.9. The number of rotatable bonds is 6. The first-order chi connectivity index (χ1) is 8.24. The molecule has 0 aromatic heterocycles. The lowest BCUT2D eigenvalue weighted by atomic mass is 10.2. The van der Waals surface area contributed by atoms with Crippen molar-refractivity contribution >= 4 is 16.0 Å². The van der Waals surface area contributed by atoms with Crippen molar-refractivity contribution in [3.8, 4) is 0 Å². The summed E-state index contributed by atoms with van der Waals surface area (Å²) in [6, 6.07) is -1.18. The summed E-state index contributed by atoms with van der Waals surface area (Å²) in [6.45, 7) is 3.42. The third-order valence-electron chi connectivity index (χ3n) is 2.67. The number of carboxylic acids is 1. The number of aliphatic hydroxyl groups excluding tert-OH is 1. The highest BCUT2D eigenvalue weighted by Gasteiger charge is 2.42. The quantitative estimate of drug-likeness (QED) is 0.664. The highest BCUT2D eigenvalue weighted by atomic mass is 32.2. The molecule has 2 atom stereocenters. The molecule has 2 unspecified atom stereocenters. The molecule has 8 heteroatoms. The Morgan fingerprint density at radius 2 is 2.11 bits per heavy atom. The van der Waals surface area contributed by atoms with E-state index >= 15 is 0 Å². The molecule has 1 fully saturated rings. The van der Waals surface area contributed by atoms with Gasteiger partial charge in [0.1, 0.15) is 6.04 Å². The summed E-state index contributed by atoms with van der Waals surface area (Å²) < 4.78 is 29.9. The molecular weight excluding hydrogens is 262 g/mol. The maximum absolute atomic E-state index is 11.9. The number of sulfonamides is 1. The lowest BCUT2D eigenvalue weighted by Gasteiger charge is -2.20. The van der Waals surface area contributed by atoms with Gasteiger partial charge in [-0.25, -0.2) is 8.42 Å². The number of carboxylic acid groups (broad SMARTS) is 1. The maximum Gasteiger partial charge on any atom is 0.322 e. The predicted octanol–water partition coefficient (Wildman–Crippen LogP) is -0.739. The standard InChI is InChI=1S/C10H19NO6S/c1-7(2)17-3-4-18(15,16)11-6-8(12)5-9(11)10(13)14/h7-9,12H,3-6H2,1-2H3,(H,13,14). The van der Waals surface area contributed by atoms with E-state index < -0.39 is 28.1 Å². The van der Waals surface area contributed by atoms with Crippen LogP contribution in [0, 0.1) is 0 Å². The number of nitrogens with zero attached hydrogens (tertiary/aromatic N) is 1. The largest absolute Gasteiger partial charge is 0.480 e. The molecule has 0 radical (unpaired) electrons. The van der Waals surface area contributed by atoms with Crippen molar-refractivity contribution in [3.05, 3.63) is 0 Å². The second kappa shape index (κ2) is 5.96. The Balaban J connectivity index is 2.68. The smallest absolute Gasteiger partial charge is 0.322 e. The second-order valence-electron chi connectivity index (χ2n) is 4.55. The Hall–Kier alpha value is -0.700. The zero-order chi connectivity index (χ0) is 13.9. The van der Waals surface area contributed by atoms with Crippen LogP contribution in [0.2, 0.25) is 0 Å². The minimum absolute atomic E-state index is 0.0128. The minimum atomic E-state index is -3.72. The molecule has 1 rings (SSSR count). The van der Waals surface area contributed by atoms with E-state index in [0.717, 1.165) is 4.31 Å². The second-order valence-corrected chi connectivity index (χ2v) is 6.59. The van der Waals surface area contributed by atoms with Crippen LogP contribution < -0.4 is 0 Å².